The zero-order valence-electron chi connectivity index (χ0n) is 35.6. The van der Waals surface area contributed by atoms with Crippen molar-refractivity contribution in [2.45, 2.75) is 192 Å². The summed E-state index contributed by atoms with van der Waals surface area (Å²) in [5.41, 5.74) is 15.1. The van der Waals surface area contributed by atoms with Crippen LogP contribution in [0, 0.1) is 0 Å². The van der Waals surface area contributed by atoms with Crippen molar-refractivity contribution in [2.75, 3.05) is 5.33 Å². The molecule has 0 aliphatic carbocycles. The maximum Gasteiger partial charge on any atom is 0.0214 e. The van der Waals surface area contributed by atoms with E-state index in [1.807, 2.05) is 0 Å². The van der Waals surface area contributed by atoms with E-state index in [2.05, 4.69) is 153 Å². The van der Waals surface area contributed by atoms with Crippen LogP contribution in [0.1, 0.15) is 192 Å². The molecule has 0 fully saturated rings. The van der Waals surface area contributed by atoms with Crippen LogP contribution >= 0.6 is 15.9 Å². The Bertz CT molecular complexity index is 1260. The van der Waals surface area contributed by atoms with Gasteiger partial charge in [-0.2, -0.15) is 0 Å². The fourth-order valence-corrected chi connectivity index (χ4v) is 6.56. The summed E-state index contributed by atoms with van der Waals surface area (Å²) >= 11 is 3.48. The second kappa shape index (κ2) is 32.5. The molecular formula is C50H81Br. The standard InChI is InChI=1S/C50H81Br/c1-41(2)21-12-22-42(3)23-13-24-43(4)25-14-26-44(5)27-15-28-45(6)29-16-30-46(7)31-17-32-47(8)33-18-34-48(9)35-19-36-49(10)37-20-38-50(11)39-40-51/h21,23,25,27,29,31,33,35,37,39H,12-20,22,24,26,28,30,32,34,36,38,40H2,1-11H3. The molecule has 0 atom stereocenters. The monoisotopic (exact) mass is 761 g/mol. The Hall–Kier alpha value is -2.12. The topological polar surface area (TPSA) is 0 Å². The molecule has 0 amide bonds. The highest BCUT2D eigenvalue weighted by Gasteiger charge is 1.98. The van der Waals surface area contributed by atoms with E-state index in [0.717, 1.165) is 43.9 Å². The van der Waals surface area contributed by atoms with Gasteiger partial charge in [0.25, 0.3) is 0 Å². The van der Waals surface area contributed by atoms with E-state index in [1.165, 1.54) is 133 Å². The van der Waals surface area contributed by atoms with Gasteiger partial charge in [-0.3, -0.25) is 0 Å². The molecule has 0 spiro atoms. The van der Waals surface area contributed by atoms with Crippen LogP contribution in [-0.2, 0) is 0 Å². The lowest BCUT2D eigenvalue weighted by atomic mass is 10.0. The Labute approximate surface area is 328 Å². The van der Waals surface area contributed by atoms with Gasteiger partial charge >= 0.3 is 0 Å². The highest BCUT2D eigenvalue weighted by atomic mass is 79.9. The third kappa shape index (κ3) is 33.5. The summed E-state index contributed by atoms with van der Waals surface area (Å²) in [7, 11) is 0. The van der Waals surface area contributed by atoms with Crippen LogP contribution in [0.15, 0.2) is 116 Å². The van der Waals surface area contributed by atoms with E-state index in [9.17, 15) is 0 Å². The van der Waals surface area contributed by atoms with Crippen LogP contribution in [0.5, 0.6) is 0 Å². The Balaban J connectivity index is 4.24. The van der Waals surface area contributed by atoms with Crippen molar-refractivity contribution in [3.63, 3.8) is 0 Å². The molecule has 0 aromatic carbocycles. The first-order valence-corrected chi connectivity index (χ1v) is 21.5. The highest BCUT2D eigenvalue weighted by molar-refractivity contribution is 9.09. The lowest BCUT2D eigenvalue weighted by Gasteiger charge is -2.04. The molecule has 0 aromatic heterocycles. The number of alkyl halides is 1. The first-order valence-electron chi connectivity index (χ1n) is 20.4. The Morgan fingerprint density at radius 1 is 0.255 bits per heavy atom. The molecule has 0 rings (SSSR count). The van der Waals surface area contributed by atoms with Gasteiger partial charge in [0, 0.05) is 5.33 Å². The maximum absolute atomic E-state index is 3.48. The number of hydrogen-bond acceptors (Lipinski definition) is 0. The summed E-state index contributed by atoms with van der Waals surface area (Å²) in [5.74, 6) is 0. The second-order valence-corrected chi connectivity index (χ2v) is 16.4. The molecule has 0 aromatic rings. The zero-order chi connectivity index (χ0) is 38.3. The molecule has 51 heavy (non-hydrogen) atoms. The van der Waals surface area contributed by atoms with Crippen molar-refractivity contribution in [2.24, 2.45) is 0 Å². The smallest absolute Gasteiger partial charge is 0.0214 e. The normalized spacial score (nSPS) is 14.9. The van der Waals surface area contributed by atoms with Crippen LogP contribution in [-0.4, -0.2) is 5.33 Å². The molecule has 0 radical (unpaired) electrons. The number of halogens is 1. The van der Waals surface area contributed by atoms with Crippen molar-refractivity contribution in [1.29, 1.82) is 0 Å². The van der Waals surface area contributed by atoms with Gasteiger partial charge in [0.2, 0.25) is 0 Å². The molecule has 0 aliphatic heterocycles. The van der Waals surface area contributed by atoms with E-state index in [-0.39, 0.29) is 0 Å². The fourth-order valence-electron chi connectivity index (χ4n) is 6.01. The minimum atomic E-state index is 0.962. The molecule has 0 nitrogen and oxygen atoms in total. The first kappa shape index (κ1) is 48.9. The van der Waals surface area contributed by atoms with Gasteiger partial charge in [-0.15, -0.1) is 0 Å². The molecule has 288 valence electrons. The van der Waals surface area contributed by atoms with Gasteiger partial charge < -0.3 is 0 Å². The second-order valence-electron chi connectivity index (χ2n) is 15.7. The summed E-state index contributed by atoms with van der Waals surface area (Å²) in [6.45, 7) is 25.0. The zero-order valence-corrected chi connectivity index (χ0v) is 37.2. The molecule has 0 unspecified atom stereocenters. The molecule has 0 saturated heterocycles. The largest absolute Gasteiger partial charge is 0.0883 e. The van der Waals surface area contributed by atoms with E-state index in [1.54, 1.807) is 0 Å². The van der Waals surface area contributed by atoms with Crippen molar-refractivity contribution >= 4 is 15.9 Å². The van der Waals surface area contributed by atoms with Crippen molar-refractivity contribution < 1.29 is 0 Å². The van der Waals surface area contributed by atoms with E-state index in [0.29, 0.717) is 0 Å². The van der Waals surface area contributed by atoms with Crippen LogP contribution in [0.25, 0.3) is 0 Å². The van der Waals surface area contributed by atoms with Crippen LogP contribution in [0.4, 0.5) is 0 Å². The lowest BCUT2D eigenvalue weighted by molar-refractivity contribution is 0.879. The highest BCUT2D eigenvalue weighted by Crippen LogP contribution is 2.18. The van der Waals surface area contributed by atoms with Gasteiger partial charge in [-0.05, 0) is 192 Å². The quantitative estimate of drug-likeness (QED) is 0.0550. The average molecular weight is 762 g/mol. The summed E-state index contributed by atoms with van der Waals surface area (Å²) < 4.78 is 0. The van der Waals surface area contributed by atoms with Gasteiger partial charge in [-0.25, -0.2) is 0 Å². The van der Waals surface area contributed by atoms with Crippen molar-refractivity contribution in [3.05, 3.63) is 116 Å². The minimum absolute atomic E-state index is 0.962. The molecule has 0 N–H and O–H groups in total. The van der Waals surface area contributed by atoms with Gasteiger partial charge in [0.15, 0.2) is 0 Å². The van der Waals surface area contributed by atoms with Gasteiger partial charge in [-0.1, -0.05) is 132 Å². The van der Waals surface area contributed by atoms with Gasteiger partial charge in [0.1, 0.15) is 0 Å². The van der Waals surface area contributed by atoms with Gasteiger partial charge in [0.05, 0.1) is 0 Å². The summed E-state index contributed by atoms with van der Waals surface area (Å²) in [6, 6.07) is 0. The number of allylic oxidation sites excluding steroid dienone is 20. The van der Waals surface area contributed by atoms with Crippen LogP contribution < -0.4 is 0 Å². The SMILES string of the molecule is CC(C)=CCCC(C)=CCCC(C)=CCCC(C)=CCCC(C)=CCCC(C)=CCCC(C)=CCCC(C)=CCCC(C)=CCCC(C)=CCBr. The van der Waals surface area contributed by atoms with Crippen LogP contribution in [0.3, 0.4) is 0 Å². The number of rotatable bonds is 28. The fraction of sp³-hybridized carbons (Fsp3) is 0.600. The Kier molecular flexibility index (Phi) is 31.2. The molecule has 1 heteroatoms. The average Bonchev–Trinajstić information content (AvgIpc) is 3.04. The molecule has 0 saturated carbocycles. The third-order valence-corrected chi connectivity index (χ3v) is 10.1. The molecular weight excluding hydrogens is 680 g/mol. The first-order chi connectivity index (χ1) is 24.3. The predicted molar refractivity (Wildman–Crippen MR) is 240 cm³/mol. The number of hydrogen-bond donors (Lipinski definition) is 0. The van der Waals surface area contributed by atoms with E-state index < -0.39 is 0 Å². The van der Waals surface area contributed by atoms with E-state index >= 15 is 0 Å². The Morgan fingerprint density at radius 2 is 0.412 bits per heavy atom. The van der Waals surface area contributed by atoms with E-state index in [4.69, 9.17) is 0 Å². The lowest BCUT2D eigenvalue weighted by Crippen LogP contribution is -1.84. The summed E-state index contributed by atoms with van der Waals surface area (Å²) in [5, 5.41) is 0.962. The Morgan fingerprint density at radius 3 is 0.569 bits per heavy atom. The molecule has 0 heterocycles. The summed E-state index contributed by atoms with van der Waals surface area (Å²) in [6.07, 6.45) is 45.3. The third-order valence-electron chi connectivity index (χ3n) is 9.77. The minimum Gasteiger partial charge on any atom is -0.0883 e. The molecule has 0 aliphatic rings. The maximum atomic E-state index is 3.48. The summed E-state index contributed by atoms with van der Waals surface area (Å²) in [4.78, 5) is 0. The van der Waals surface area contributed by atoms with Crippen molar-refractivity contribution in [1.82, 2.24) is 0 Å². The van der Waals surface area contributed by atoms with Crippen LogP contribution in [0.2, 0.25) is 0 Å². The molecule has 0 bridgehead atoms. The predicted octanol–water partition coefficient (Wildman–Crippen LogP) is 17.9. The van der Waals surface area contributed by atoms with Crippen molar-refractivity contribution in [3.8, 4) is 0 Å².